The highest BCUT2D eigenvalue weighted by Crippen LogP contribution is 2.06. The molecule has 0 saturated carbocycles. The van der Waals surface area contributed by atoms with Gasteiger partial charge in [-0.05, 0) is 20.8 Å². The van der Waals surface area contributed by atoms with Crippen molar-refractivity contribution in [1.29, 1.82) is 0 Å². The smallest absolute Gasteiger partial charge is 0.407 e. The van der Waals surface area contributed by atoms with Gasteiger partial charge >= 0.3 is 6.09 Å². The Kier molecular flexibility index (Phi) is 24.5. The molecule has 0 aromatic rings. The van der Waals surface area contributed by atoms with Gasteiger partial charge in [0.15, 0.2) is 0 Å². The predicted octanol–water partition coefficient (Wildman–Crippen LogP) is 0.586. The normalized spacial score (nSPS) is 13.3. The van der Waals surface area contributed by atoms with Crippen LogP contribution in [0.1, 0.15) is 20.8 Å². The summed E-state index contributed by atoms with van der Waals surface area (Å²) in [6.07, 6.45) is 2.05. The molecule has 0 fully saturated rings. The standard InChI is InChI=1S/C29H52N2O13/c1-29(2,3)44-28(34)30-6-8-35-10-12-37-14-16-39-18-20-41-22-24-43-25-23-42-21-19-40-17-15-38-13-11-36-9-7-31-26(32)4-5-27(31)33/h4-5H,6-25H2,1-3H3,(H,30,34). The van der Waals surface area contributed by atoms with Crippen molar-refractivity contribution in [2.45, 2.75) is 26.4 Å². The molecule has 1 rings (SSSR count). The first-order chi connectivity index (χ1) is 21.3. The summed E-state index contributed by atoms with van der Waals surface area (Å²) in [5.41, 5.74) is -0.516. The highest BCUT2D eigenvalue weighted by Gasteiger charge is 2.22. The van der Waals surface area contributed by atoms with Crippen molar-refractivity contribution in [3.05, 3.63) is 12.2 Å². The van der Waals surface area contributed by atoms with Crippen molar-refractivity contribution < 1.29 is 61.8 Å². The van der Waals surface area contributed by atoms with E-state index in [0.717, 1.165) is 4.90 Å². The van der Waals surface area contributed by atoms with Gasteiger partial charge < -0.3 is 52.7 Å². The molecule has 0 aromatic heterocycles. The fourth-order valence-electron chi connectivity index (χ4n) is 3.21. The van der Waals surface area contributed by atoms with E-state index in [1.54, 1.807) is 0 Å². The van der Waals surface area contributed by atoms with E-state index in [0.29, 0.717) is 119 Å². The Morgan fingerprint density at radius 1 is 0.545 bits per heavy atom. The van der Waals surface area contributed by atoms with E-state index in [9.17, 15) is 14.4 Å². The molecule has 1 N–H and O–H groups in total. The summed E-state index contributed by atoms with van der Waals surface area (Å²) in [5, 5.41) is 2.62. The molecule has 0 atom stereocenters. The van der Waals surface area contributed by atoms with Gasteiger partial charge in [-0.1, -0.05) is 0 Å². The van der Waals surface area contributed by atoms with Gasteiger partial charge in [0.2, 0.25) is 0 Å². The van der Waals surface area contributed by atoms with Gasteiger partial charge in [-0.3, -0.25) is 14.5 Å². The summed E-state index contributed by atoms with van der Waals surface area (Å²) in [4.78, 5) is 35.4. The van der Waals surface area contributed by atoms with Crippen LogP contribution in [0.3, 0.4) is 0 Å². The van der Waals surface area contributed by atoms with Crippen molar-refractivity contribution in [2.75, 3.05) is 132 Å². The molecule has 44 heavy (non-hydrogen) atoms. The first-order valence-corrected chi connectivity index (χ1v) is 15.0. The number of hydrogen-bond donors (Lipinski definition) is 1. The molecule has 0 aromatic carbocycles. The second-order valence-electron chi connectivity index (χ2n) is 10.1. The molecule has 1 aliphatic rings. The fraction of sp³-hybridized carbons (Fsp3) is 0.828. The SMILES string of the molecule is CC(C)(C)OC(=O)NCCOCCOCCOCCOCCOCCOCCOCCOCCOCCN1C(=O)C=CC1=O. The summed E-state index contributed by atoms with van der Waals surface area (Å²) in [7, 11) is 0. The number of ether oxygens (including phenoxy) is 10. The largest absolute Gasteiger partial charge is 0.444 e. The number of amides is 3. The molecule has 15 heteroatoms. The van der Waals surface area contributed by atoms with E-state index in [-0.39, 0.29) is 25.0 Å². The van der Waals surface area contributed by atoms with Crippen LogP contribution < -0.4 is 5.32 Å². The Morgan fingerprint density at radius 2 is 0.841 bits per heavy atom. The molecule has 3 amide bonds. The minimum atomic E-state index is -0.516. The van der Waals surface area contributed by atoms with Crippen molar-refractivity contribution in [1.82, 2.24) is 10.2 Å². The highest BCUT2D eigenvalue weighted by atomic mass is 16.6. The molecule has 0 unspecified atom stereocenters. The Labute approximate surface area is 260 Å². The van der Waals surface area contributed by atoms with E-state index >= 15 is 0 Å². The van der Waals surface area contributed by atoms with Crippen molar-refractivity contribution in [3.8, 4) is 0 Å². The Balaban J connectivity index is 1.66. The van der Waals surface area contributed by atoms with Gasteiger partial charge in [0.05, 0.1) is 125 Å². The van der Waals surface area contributed by atoms with Crippen LogP contribution in [-0.2, 0) is 57.0 Å². The number of imide groups is 1. The van der Waals surface area contributed by atoms with Gasteiger partial charge in [0.25, 0.3) is 11.8 Å². The number of nitrogens with one attached hydrogen (secondary N) is 1. The monoisotopic (exact) mass is 636 g/mol. The zero-order chi connectivity index (χ0) is 32.1. The maximum atomic E-state index is 11.5. The summed E-state index contributed by atoms with van der Waals surface area (Å²) in [5.74, 6) is -0.619. The molecule has 0 spiro atoms. The van der Waals surface area contributed by atoms with Crippen LogP contribution in [-0.4, -0.2) is 160 Å². The lowest BCUT2D eigenvalue weighted by atomic mass is 10.2. The molecule has 0 saturated heterocycles. The minimum absolute atomic E-state index is 0.236. The maximum absolute atomic E-state index is 11.5. The lowest BCUT2D eigenvalue weighted by Gasteiger charge is -2.19. The summed E-state index contributed by atoms with van der Waals surface area (Å²) < 4.78 is 53.9. The summed E-state index contributed by atoms with van der Waals surface area (Å²) in [6, 6.07) is 0. The highest BCUT2D eigenvalue weighted by molar-refractivity contribution is 6.12. The molecule has 0 radical (unpaired) electrons. The average molecular weight is 637 g/mol. The van der Waals surface area contributed by atoms with Gasteiger partial charge in [-0.15, -0.1) is 0 Å². The van der Waals surface area contributed by atoms with E-state index in [4.69, 9.17) is 47.4 Å². The number of rotatable bonds is 30. The third-order valence-electron chi connectivity index (χ3n) is 5.25. The molecule has 1 aliphatic heterocycles. The number of alkyl carbamates (subject to hydrolysis) is 1. The second kappa shape index (κ2) is 27.1. The number of carbonyl (C=O) groups excluding carboxylic acids is 3. The summed E-state index contributed by atoms with van der Waals surface area (Å²) >= 11 is 0. The lowest BCUT2D eigenvalue weighted by molar-refractivity contribution is -0.137. The molecular formula is C29H52N2O13. The van der Waals surface area contributed by atoms with Crippen LogP contribution >= 0.6 is 0 Å². The number of nitrogens with zero attached hydrogens (tertiary/aromatic N) is 1. The third kappa shape index (κ3) is 25.2. The first-order valence-electron chi connectivity index (χ1n) is 15.0. The zero-order valence-corrected chi connectivity index (χ0v) is 26.6. The van der Waals surface area contributed by atoms with Crippen LogP contribution in [0.5, 0.6) is 0 Å². The molecular weight excluding hydrogens is 584 g/mol. The van der Waals surface area contributed by atoms with E-state index < -0.39 is 11.7 Å². The van der Waals surface area contributed by atoms with Crippen LogP contribution in [0, 0.1) is 0 Å². The zero-order valence-electron chi connectivity index (χ0n) is 26.6. The molecule has 0 bridgehead atoms. The van der Waals surface area contributed by atoms with Crippen molar-refractivity contribution >= 4 is 17.9 Å². The van der Waals surface area contributed by atoms with Gasteiger partial charge in [-0.25, -0.2) is 4.79 Å². The quantitative estimate of drug-likeness (QED) is 0.0863. The maximum Gasteiger partial charge on any atom is 0.407 e. The van der Waals surface area contributed by atoms with Crippen LogP contribution in [0.15, 0.2) is 12.2 Å². The molecule has 15 nitrogen and oxygen atoms in total. The Bertz CT molecular complexity index is 759. The predicted molar refractivity (Wildman–Crippen MR) is 157 cm³/mol. The molecule has 256 valence electrons. The van der Waals surface area contributed by atoms with E-state index in [2.05, 4.69) is 5.32 Å². The van der Waals surface area contributed by atoms with Crippen LogP contribution in [0.4, 0.5) is 4.79 Å². The fourth-order valence-corrected chi connectivity index (χ4v) is 3.21. The van der Waals surface area contributed by atoms with Gasteiger partial charge in [0, 0.05) is 18.7 Å². The average Bonchev–Trinajstić information content (AvgIpc) is 3.29. The lowest BCUT2D eigenvalue weighted by Crippen LogP contribution is -2.34. The molecule has 0 aliphatic carbocycles. The second-order valence-corrected chi connectivity index (χ2v) is 10.1. The van der Waals surface area contributed by atoms with Crippen LogP contribution in [0.25, 0.3) is 0 Å². The van der Waals surface area contributed by atoms with E-state index in [1.165, 1.54) is 12.2 Å². The third-order valence-corrected chi connectivity index (χ3v) is 5.25. The van der Waals surface area contributed by atoms with Crippen molar-refractivity contribution in [3.63, 3.8) is 0 Å². The number of hydrogen-bond acceptors (Lipinski definition) is 13. The van der Waals surface area contributed by atoms with Gasteiger partial charge in [-0.2, -0.15) is 0 Å². The topological polar surface area (TPSA) is 159 Å². The van der Waals surface area contributed by atoms with Crippen LogP contribution in [0.2, 0.25) is 0 Å². The van der Waals surface area contributed by atoms with Crippen molar-refractivity contribution in [2.24, 2.45) is 0 Å². The minimum Gasteiger partial charge on any atom is -0.444 e. The first kappa shape index (κ1) is 39.8. The molecule has 1 heterocycles. The summed E-state index contributed by atoms with van der Waals surface area (Å²) in [6.45, 7) is 13.9. The Morgan fingerprint density at radius 3 is 1.16 bits per heavy atom. The Hall–Kier alpha value is -2.21. The number of carbonyl (C=O) groups is 3. The van der Waals surface area contributed by atoms with E-state index in [1.807, 2.05) is 20.8 Å². The van der Waals surface area contributed by atoms with Gasteiger partial charge in [0.1, 0.15) is 5.60 Å².